The van der Waals surface area contributed by atoms with Gasteiger partial charge in [0.2, 0.25) is 0 Å². The van der Waals surface area contributed by atoms with Crippen LogP contribution >= 0.6 is 7.82 Å². The number of ether oxygens (including phenoxy) is 2. The standard InChI is InChI=1S/C26H50NO7P/c1-6-7-8-9-10-11-12-13-14-15-16-17-18-19-21-31-23-26(34-25(2)28)24-33-35(29,30)32-22-20-27(3,4)5/h8-9,11-12,26H,6-7,10,13-24H2,1-5H3/b9-8-,12-11-. The van der Waals surface area contributed by atoms with Crippen LogP contribution in [0.2, 0.25) is 0 Å². The highest BCUT2D eigenvalue weighted by Gasteiger charge is 2.19. The zero-order valence-corrected chi connectivity index (χ0v) is 23.6. The summed E-state index contributed by atoms with van der Waals surface area (Å²) in [5, 5.41) is 0. The highest BCUT2D eigenvalue weighted by molar-refractivity contribution is 7.45. The summed E-state index contributed by atoms with van der Waals surface area (Å²) in [6.07, 6.45) is 19.5. The van der Waals surface area contributed by atoms with Gasteiger partial charge in [0.05, 0.1) is 34.4 Å². The van der Waals surface area contributed by atoms with Crippen molar-refractivity contribution < 1.29 is 37.3 Å². The molecule has 0 aromatic rings. The van der Waals surface area contributed by atoms with E-state index in [4.69, 9.17) is 18.5 Å². The van der Waals surface area contributed by atoms with E-state index in [0.717, 1.165) is 38.5 Å². The summed E-state index contributed by atoms with van der Waals surface area (Å²) in [7, 11) is 1.33. The first-order valence-corrected chi connectivity index (χ1v) is 14.5. The fourth-order valence-corrected chi connectivity index (χ4v) is 3.78. The van der Waals surface area contributed by atoms with Crippen LogP contribution in [0.5, 0.6) is 0 Å². The van der Waals surface area contributed by atoms with Crippen LogP contribution in [0.25, 0.3) is 0 Å². The molecule has 0 rings (SSSR count). The molecule has 0 saturated heterocycles. The van der Waals surface area contributed by atoms with Gasteiger partial charge < -0.3 is 27.9 Å². The second-order valence-electron chi connectivity index (χ2n) is 9.77. The molecule has 8 nitrogen and oxygen atoms in total. The number of esters is 1. The van der Waals surface area contributed by atoms with Gasteiger partial charge in [-0.25, -0.2) is 0 Å². The lowest BCUT2D eigenvalue weighted by atomic mass is 10.1. The van der Waals surface area contributed by atoms with Gasteiger partial charge in [-0.1, -0.05) is 63.3 Å². The summed E-state index contributed by atoms with van der Waals surface area (Å²) in [4.78, 5) is 23.2. The Morgan fingerprint density at radius 3 is 2.14 bits per heavy atom. The summed E-state index contributed by atoms with van der Waals surface area (Å²) in [6, 6.07) is 0. The Morgan fingerprint density at radius 1 is 0.886 bits per heavy atom. The molecule has 0 aliphatic heterocycles. The van der Waals surface area contributed by atoms with E-state index in [1.807, 2.05) is 21.1 Å². The highest BCUT2D eigenvalue weighted by atomic mass is 31.2. The van der Waals surface area contributed by atoms with Crippen molar-refractivity contribution in [3.63, 3.8) is 0 Å². The molecular formula is C26H50NO7P. The van der Waals surface area contributed by atoms with E-state index in [1.54, 1.807) is 0 Å². The monoisotopic (exact) mass is 519 g/mol. The summed E-state index contributed by atoms with van der Waals surface area (Å²) < 4.78 is 32.9. The summed E-state index contributed by atoms with van der Waals surface area (Å²) in [5.41, 5.74) is 0. The van der Waals surface area contributed by atoms with Crippen LogP contribution in [0.3, 0.4) is 0 Å². The van der Waals surface area contributed by atoms with Crippen molar-refractivity contribution in [3.8, 4) is 0 Å². The molecule has 206 valence electrons. The quantitative estimate of drug-likeness (QED) is 0.0604. The number of hydrogen-bond donors (Lipinski definition) is 0. The fraction of sp³-hybridized carbons (Fsp3) is 0.808. The third kappa shape index (κ3) is 25.9. The predicted octanol–water partition coefficient (Wildman–Crippen LogP) is 5.18. The first-order valence-electron chi connectivity index (χ1n) is 13.0. The molecule has 0 aromatic heterocycles. The van der Waals surface area contributed by atoms with E-state index in [1.165, 1.54) is 32.6 Å². The number of phosphoric acid groups is 1. The lowest BCUT2D eigenvalue weighted by Crippen LogP contribution is -2.37. The van der Waals surface area contributed by atoms with Gasteiger partial charge in [0.25, 0.3) is 7.82 Å². The zero-order valence-electron chi connectivity index (χ0n) is 22.7. The summed E-state index contributed by atoms with van der Waals surface area (Å²) in [5.74, 6) is -0.517. The number of nitrogens with zero attached hydrogens (tertiary/aromatic N) is 1. The number of unbranched alkanes of at least 4 members (excludes halogenated alkanes) is 7. The molecule has 0 aliphatic carbocycles. The van der Waals surface area contributed by atoms with Gasteiger partial charge in [0.1, 0.15) is 19.3 Å². The Hall–Kier alpha value is -1.02. The molecule has 0 aromatic carbocycles. The molecule has 0 bridgehead atoms. The number of hydrogen-bond acceptors (Lipinski definition) is 7. The normalized spacial score (nSPS) is 15.0. The lowest BCUT2D eigenvalue weighted by molar-refractivity contribution is -0.870. The van der Waals surface area contributed by atoms with E-state index in [0.29, 0.717) is 17.6 Å². The first-order chi connectivity index (χ1) is 16.6. The number of carbonyl (C=O) groups excluding carboxylic acids is 1. The van der Waals surface area contributed by atoms with Crippen molar-refractivity contribution in [2.45, 2.75) is 84.2 Å². The predicted molar refractivity (Wildman–Crippen MR) is 139 cm³/mol. The van der Waals surface area contributed by atoms with Gasteiger partial charge >= 0.3 is 5.97 Å². The van der Waals surface area contributed by atoms with Crippen molar-refractivity contribution in [1.29, 1.82) is 0 Å². The van der Waals surface area contributed by atoms with Gasteiger partial charge in [-0.3, -0.25) is 9.36 Å². The SMILES string of the molecule is CCC/C=C\C/C=C\CCCCCCCCOCC(COP(=O)([O-])OCC[N+](C)(C)C)OC(C)=O. The lowest BCUT2D eigenvalue weighted by Gasteiger charge is -2.28. The fourth-order valence-electron chi connectivity index (χ4n) is 3.05. The molecule has 0 spiro atoms. The number of rotatable bonds is 23. The Labute approximate surface area is 213 Å². The van der Waals surface area contributed by atoms with Crippen LogP contribution in [-0.2, 0) is 27.9 Å². The largest absolute Gasteiger partial charge is 0.756 e. The molecular weight excluding hydrogens is 469 g/mol. The smallest absolute Gasteiger partial charge is 0.303 e. The molecule has 0 radical (unpaired) electrons. The number of allylic oxidation sites excluding steroid dienone is 4. The number of quaternary nitrogens is 1. The number of phosphoric ester groups is 1. The van der Waals surface area contributed by atoms with Crippen molar-refractivity contribution in [1.82, 2.24) is 0 Å². The van der Waals surface area contributed by atoms with Gasteiger partial charge in [-0.2, -0.15) is 0 Å². The molecule has 0 heterocycles. The number of carbonyl (C=O) groups is 1. The summed E-state index contributed by atoms with van der Waals surface area (Å²) in [6.45, 7) is 4.27. The molecule has 2 atom stereocenters. The number of likely N-dealkylation sites (N-methyl/N-ethyl adjacent to an activating group) is 1. The Balaban J connectivity index is 3.87. The maximum atomic E-state index is 11.9. The van der Waals surface area contributed by atoms with Crippen LogP contribution in [0.1, 0.15) is 78.1 Å². The van der Waals surface area contributed by atoms with E-state index >= 15 is 0 Å². The minimum absolute atomic E-state index is 0.0203. The molecule has 0 saturated carbocycles. The first kappa shape index (κ1) is 34.0. The average Bonchev–Trinajstić information content (AvgIpc) is 2.75. The van der Waals surface area contributed by atoms with Gasteiger partial charge in [-0.15, -0.1) is 0 Å². The third-order valence-corrected chi connectivity index (χ3v) is 6.00. The maximum absolute atomic E-state index is 11.9. The molecule has 0 N–H and O–H groups in total. The van der Waals surface area contributed by atoms with Gasteiger partial charge in [-0.05, 0) is 32.1 Å². The second-order valence-corrected chi connectivity index (χ2v) is 11.2. The van der Waals surface area contributed by atoms with Crippen LogP contribution in [0.15, 0.2) is 24.3 Å². The third-order valence-electron chi connectivity index (χ3n) is 5.04. The Bertz CT molecular complexity index is 632. The van der Waals surface area contributed by atoms with E-state index in [-0.39, 0.29) is 19.8 Å². The van der Waals surface area contributed by atoms with Crippen LogP contribution in [0, 0.1) is 0 Å². The van der Waals surface area contributed by atoms with Crippen molar-refractivity contribution in [2.24, 2.45) is 0 Å². The van der Waals surface area contributed by atoms with Crippen LogP contribution < -0.4 is 4.89 Å². The molecule has 35 heavy (non-hydrogen) atoms. The van der Waals surface area contributed by atoms with E-state index in [2.05, 4.69) is 31.2 Å². The molecule has 0 aliphatic rings. The molecule has 0 amide bonds. The maximum Gasteiger partial charge on any atom is 0.303 e. The van der Waals surface area contributed by atoms with Crippen LogP contribution in [-0.4, -0.2) is 70.7 Å². The molecule has 9 heteroatoms. The van der Waals surface area contributed by atoms with Crippen molar-refractivity contribution >= 4 is 13.8 Å². The van der Waals surface area contributed by atoms with E-state index < -0.39 is 19.9 Å². The van der Waals surface area contributed by atoms with Crippen molar-refractivity contribution in [2.75, 3.05) is 54.1 Å². The van der Waals surface area contributed by atoms with Gasteiger partial charge in [0, 0.05) is 13.5 Å². The van der Waals surface area contributed by atoms with Gasteiger partial charge in [0.15, 0.2) is 0 Å². The Kier molecular flexibility index (Phi) is 20.5. The Morgan fingerprint density at radius 2 is 1.51 bits per heavy atom. The topological polar surface area (TPSA) is 94.1 Å². The minimum Gasteiger partial charge on any atom is -0.756 e. The highest BCUT2D eigenvalue weighted by Crippen LogP contribution is 2.38. The zero-order chi connectivity index (χ0) is 26.4. The summed E-state index contributed by atoms with van der Waals surface area (Å²) >= 11 is 0. The molecule has 0 fully saturated rings. The van der Waals surface area contributed by atoms with E-state index in [9.17, 15) is 14.3 Å². The average molecular weight is 520 g/mol. The minimum atomic E-state index is -4.47. The second kappa shape index (κ2) is 21.1. The molecule has 2 unspecified atom stereocenters. The van der Waals surface area contributed by atoms with Crippen molar-refractivity contribution in [3.05, 3.63) is 24.3 Å². The van der Waals surface area contributed by atoms with Crippen LogP contribution in [0.4, 0.5) is 0 Å².